The van der Waals surface area contributed by atoms with Gasteiger partial charge in [-0.1, -0.05) is 39.1 Å². The molecule has 0 spiro atoms. The molecule has 0 aliphatic carbocycles. The van der Waals surface area contributed by atoms with E-state index in [1.54, 1.807) is 36.4 Å². The molecule has 0 aromatic heterocycles. The van der Waals surface area contributed by atoms with Gasteiger partial charge in [-0.2, -0.15) is 5.10 Å². The molecule has 0 saturated heterocycles. The molecule has 2 aromatic carbocycles. The average Bonchev–Trinajstić information content (AvgIpc) is 2.44. The monoisotopic (exact) mass is 386 g/mol. The van der Waals surface area contributed by atoms with Gasteiger partial charge in [0, 0.05) is 20.6 Å². The minimum atomic E-state index is -0.386. The highest BCUT2D eigenvalue weighted by Crippen LogP contribution is 2.30. The van der Waals surface area contributed by atoms with E-state index in [-0.39, 0.29) is 16.7 Å². The van der Waals surface area contributed by atoms with Crippen LogP contribution in [0.2, 0.25) is 10.0 Å². The minimum Gasteiger partial charge on any atom is -0.506 e. The molecule has 0 aliphatic heterocycles. The Morgan fingerprint density at radius 1 is 1.24 bits per heavy atom. The molecule has 0 atom stereocenters. The zero-order valence-electron chi connectivity index (χ0n) is 10.5. The molecule has 0 unspecified atom stereocenters. The minimum absolute atomic E-state index is 0.107. The fourth-order valence-corrected chi connectivity index (χ4v) is 2.47. The Morgan fingerprint density at radius 2 is 1.90 bits per heavy atom. The molecule has 2 N–H and O–H groups in total. The fraction of sp³-hybridized carbons (Fsp3) is 0. The van der Waals surface area contributed by atoms with E-state index in [0.717, 1.165) is 0 Å². The van der Waals surface area contributed by atoms with E-state index in [1.807, 2.05) is 0 Å². The summed E-state index contributed by atoms with van der Waals surface area (Å²) in [5.74, 6) is -0.493. The number of phenolic OH excluding ortho intramolecular Hbond substituents is 1. The van der Waals surface area contributed by atoms with Gasteiger partial charge >= 0.3 is 0 Å². The third kappa shape index (κ3) is 4.20. The molecule has 0 radical (unpaired) electrons. The Labute approximate surface area is 139 Å². The van der Waals surface area contributed by atoms with Gasteiger partial charge < -0.3 is 5.11 Å². The van der Waals surface area contributed by atoms with Crippen LogP contribution >= 0.6 is 39.1 Å². The molecule has 7 heteroatoms. The first-order chi connectivity index (χ1) is 9.97. The number of halogens is 3. The van der Waals surface area contributed by atoms with Gasteiger partial charge in [0.15, 0.2) is 0 Å². The van der Waals surface area contributed by atoms with E-state index in [2.05, 4.69) is 26.5 Å². The quantitative estimate of drug-likeness (QED) is 0.611. The summed E-state index contributed by atoms with van der Waals surface area (Å²) in [6.07, 6.45) is 1.31. The number of amides is 1. The third-order valence-electron chi connectivity index (χ3n) is 2.53. The van der Waals surface area contributed by atoms with Crippen molar-refractivity contribution in [1.82, 2.24) is 5.43 Å². The number of carbonyl (C=O) groups is 1. The van der Waals surface area contributed by atoms with E-state index in [9.17, 15) is 9.90 Å². The summed E-state index contributed by atoms with van der Waals surface area (Å²) in [5.41, 5.74) is 3.16. The fourth-order valence-electron chi connectivity index (χ4n) is 1.51. The lowest BCUT2D eigenvalue weighted by Crippen LogP contribution is -2.17. The van der Waals surface area contributed by atoms with Crippen molar-refractivity contribution in [2.45, 2.75) is 0 Å². The summed E-state index contributed by atoms with van der Waals surface area (Å²) in [7, 11) is 0. The second-order valence-electron chi connectivity index (χ2n) is 4.03. The Balaban J connectivity index is 2.09. The number of carbonyl (C=O) groups excluding carboxylic acids is 1. The van der Waals surface area contributed by atoms with E-state index in [4.69, 9.17) is 23.2 Å². The normalized spacial score (nSPS) is 10.8. The topological polar surface area (TPSA) is 61.7 Å². The number of aromatic hydroxyl groups is 1. The Hall–Kier alpha value is -1.56. The first kappa shape index (κ1) is 15.8. The molecule has 108 valence electrons. The SMILES string of the molecule is O=C(N/N=C/c1cc(Br)cc(Cl)c1O)c1ccc(Cl)cc1. The van der Waals surface area contributed by atoms with Crippen LogP contribution < -0.4 is 5.43 Å². The van der Waals surface area contributed by atoms with Gasteiger partial charge in [-0.15, -0.1) is 0 Å². The van der Waals surface area contributed by atoms with Gasteiger partial charge in [-0.3, -0.25) is 4.79 Å². The summed E-state index contributed by atoms with van der Waals surface area (Å²) in [5, 5.41) is 14.3. The highest BCUT2D eigenvalue weighted by molar-refractivity contribution is 9.10. The van der Waals surface area contributed by atoms with Crippen LogP contribution in [0.1, 0.15) is 15.9 Å². The van der Waals surface area contributed by atoms with E-state index >= 15 is 0 Å². The average molecular weight is 388 g/mol. The van der Waals surface area contributed by atoms with E-state index < -0.39 is 0 Å². The van der Waals surface area contributed by atoms with Crippen LogP contribution in [0.5, 0.6) is 5.75 Å². The number of hydrogen-bond donors (Lipinski definition) is 2. The largest absolute Gasteiger partial charge is 0.506 e. The molecule has 4 nitrogen and oxygen atoms in total. The highest BCUT2D eigenvalue weighted by Gasteiger charge is 2.06. The number of phenols is 1. The van der Waals surface area contributed by atoms with Crippen molar-refractivity contribution in [3.05, 3.63) is 62.0 Å². The molecule has 0 aliphatic rings. The molecule has 2 aromatic rings. The predicted molar refractivity (Wildman–Crippen MR) is 87.3 cm³/mol. The molecular weight excluding hydrogens is 379 g/mol. The van der Waals surface area contributed by atoms with Crippen molar-refractivity contribution < 1.29 is 9.90 Å². The van der Waals surface area contributed by atoms with Gasteiger partial charge in [0.2, 0.25) is 0 Å². The number of nitrogens with one attached hydrogen (secondary N) is 1. The maximum absolute atomic E-state index is 11.8. The Bertz CT molecular complexity index is 703. The zero-order valence-corrected chi connectivity index (χ0v) is 13.6. The molecule has 2 rings (SSSR count). The maximum Gasteiger partial charge on any atom is 0.271 e. The van der Waals surface area contributed by atoms with E-state index in [1.165, 1.54) is 6.21 Å². The van der Waals surface area contributed by atoms with E-state index in [0.29, 0.717) is 20.6 Å². The molecule has 21 heavy (non-hydrogen) atoms. The van der Waals surface area contributed by atoms with Crippen LogP contribution in [0.4, 0.5) is 0 Å². The van der Waals surface area contributed by atoms with Crippen LogP contribution in [-0.4, -0.2) is 17.2 Å². The molecule has 0 heterocycles. The number of rotatable bonds is 3. The van der Waals surface area contributed by atoms with Crippen molar-refractivity contribution in [3.8, 4) is 5.75 Å². The van der Waals surface area contributed by atoms with Crippen LogP contribution in [0.25, 0.3) is 0 Å². The van der Waals surface area contributed by atoms with Gasteiger partial charge in [0.25, 0.3) is 5.91 Å². The second kappa shape index (κ2) is 6.93. The van der Waals surface area contributed by atoms with Crippen molar-refractivity contribution in [2.75, 3.05) is 0 Å². The van der Waals surface area contributed by atoms with Gasteiger partial charge in [-0.05, 0) is 36.4 Å². The van der Waals surface area contributed by atoms with Gasteiger partial charge in [0.05, 0.1) is 11.2 Å². The standard InChI is InChI=1S/C14H9BrCl2N2O2/c15-10-5-9(13(20)12(17)6-10)7-18-19-14(21)8-1-3-11(16)4-2-8/h1-7,20H,(H,19,21)/b18-7+. The highest BCUT2D eigenvalue weighted by atomic mass is 79.9. The lowest BCUT2D eigenvalue weighted by Gasteiger charge is -2.03. The van der Waals surface area contributed by atoms with Gasteiger partial charge in [0.1, 0.15) is 5.75 Å². The molecule has 1 amide bonds. The number of benzene rings is 2. The lowest BCUT2D eigenvalue weighted by molar-refractivity contribution is 0.0955. The number of hydrogen-bond acceptors (Lipinski definition) is 3. The zero-order chi connectivity index (χ0) is 15.4. The first-order valence-electron chi connectivity index (χ1n) is 5.74. The Morgan fingerprint density at radius 3 is 2.57 bits per heavy atom. The first-order valence-corrected chi connectivity index (χ1v) is 7.29. The van der Waals surface area contributed by atoms with Crippen molar-refractivity contribution in [1.29, 1.82) is 0 Å². The van der Waals surface area contributed by atoms with Crippen molar-refractivity contribution >= 4 is 51.3 Å². The number of hydrazone groups is 1. The second-order valence-corrected chi connectivity index (χ2v) is 5.79. The molecule has 0 fully saturated rings. The number of nitrogens with zero attached hydrogens (tertiary/aromatic N) is 1. The summed E-state index contributed by atoms with van der Waals surface area (Å²) >= 11 is 14.8. The Kier molecular flexibility index (Phi) is 5.22. The third-order valence-corrected chi connectivity index (χ3v) is 3.53. The van der Waals surface area contributed by atoms with Gasteiger partial charge in [-0.25, -0.2) is 5.43 Å². The summed E-state index contributed by atoms with van der Waals surface area (Å²) in [6.45, 7) is 0. The molecule has 0 saturated carbocycles. The molecule has 0 bridgehead atoms. The molecular formula is C14H9BrCl2N2O2. The maximum atomic E-state index is 11.8. The van der Waals surface area contributed by atoms with Crippen molar-refractivity contribution in [3.63, 3.8) is 0 Å². The summed E-state index contributed by atoms with van der Waals surface area (Å²) in [4.78, 5) is 11.8. The van der Waals surface area contributed by atoms with Crippen LogP contribution in [0, 0.1) is 0 Å². The lowest BCUT2D eigenvalue weighted by atomic mass is 10.2. The van der Waals surface area contributed by atoms with Crippen LogP contribution in [0.3, 0.4) is 0 Å². The summed E-state index contributed by atoms with van der Waals surface area (Å²) in [6, 6.07) is 9.57. The summed E-state index contributed by atoms with van der Waals surface area (Å²) < 4.78 is 0.691. The van der Waals surface area contributed by atoms with Crippen LogP contribution in [0.15, 0.2) is 46.0 Å². The smallest absolute Gasteiger partial charge is 0.271 e. The predicted octanol–water partition coefficient (Wildman–Crippen LogP) is 4.23. The van der Waals surface area contributed by atoms with Crippen molar-refractivity contribution in [2.24, 2.45) is 5.10 Å². The van der Waals surface area contributed by atoms with Crippen LogP contribution in [-0.2, 0) is 0 Å².